The highest BCUT2D eigenvalue weighted by Crippen LogP contribution is 2.66. The molecule has 1 unspecified atom stereocenters. The largest absolute Gasteiger partial charge is 0.497 e. The molecule has 0 saturated heterocycles. The zero-order chi connectivity index (χ0) is 20.3. The molecule has 0 amide bonds. The average Bonchev–Trinajstić information content (AvgIpc) is 2.92. The van der Waals surface area contributed by atoms with Crippen molar-refractivity contribution in [2.24, 2.45) is 23.2 Å². The molecule has 1 aromatic rings. The molecule has 0 aromatic heterocycles. The van der Waals surface area contributed by atoms with Crippen molar-refractivity contribution < 1.29 is 9.16 Å². The first kappa shape index (κ1) is 20.0. The van der Waals surface area contributed by atoms with Gasteiger partial charge in [-0.05, 0) is 98.7 Å². The van der Waals surface area contributed by atoms with E-state index in [9.17, 15) is 5.26 Å². The summed E-state index contributed by atoms with van der Waals surface area (Å²) in [6.45, 7) is 11.5. The van der Waals surface area contributed by atoms with Gasteiger partial charge in [-0.1, -0.05) is 19.9 Å². The van der Waals surface area contributed by atoms with E-state index < -0.39 is 13.9 Å². The summed E-state index contributed by atoms with van der Waals surface area (Å²) in [6, 6.07) is 9.40. The van der Waals surface area contributed by atoms with Gasteiger partial charge in [0.05, 0.1) is 13.2 Å². The first-order valence-corrected chi connectivity index (χ1v) is 14.3. The van der Waals surface area contributed by atoms with E-state index in [4.69, 9.17) is 9.16 Å². The lowest BCUT2D eigenvalue weighted by Crippen LogP contribution is -2.55. The molecule has 1 aromatic carbocycles. The van der Waals surface area contributed by atoms with E-state index in [-0.39, 0.29) is 5.41 Å². The quantitative estimate of drug-likeness (QED) is 0.595. The van der Waals surface area contributed by atoms with E-state index in [1.165, 1.54) is 17.5 Å². The fourth-order valence-corrected chi connectivity index (χ4v) is 8.40. The van der Waals surface area contributed by atoms with Crippen LogP contribution in [0.4, 0.5) is 0 Å². The molecule has 0 N–H and O–H groups in total. The van der Waals surface area contributed by atoms with Crippen molar-refractivity contribution in [3.8, 4) is 11.8 Å². The molecule has 3 nitrogen and oxygen atoms in total. The van der Waals surface area contributed by atoms with Crippen LogP contribution in [0.1, 0.15) is 56.6 Å². The molecule has 0 radical (unpaired) electrons. The summed E-state index contributed by atoms with van der Waals surface area (Å²) in [5.74, 6) is 3.45. The second-order valence-corrected chi connectivity index (χ2v) is 15.1. The molecular weight excluding hydrogens is 362 g/mol. The van der Waals surface area contributed by atoms with Crippen LogP contribution < -0.4 is 4.74 Å². The Morgan fingerprint density at radius 2 is 1.93 bits per heavy atom. The number of fused-ring (bicyclic) bond motifs is 5. The lowest BCUT2D eigenvalue weighted by atomic mass is 9.51. The molecule has 4 heteroatoms. The summed E-state index contributed by atoms with van der Waals surface area (Å²) in [4.78, 5) is 0. The predicted octanol–water partition coefficient (Wildman–Crippen LogP) is 5.91. The molecule has 3 aliphatic rings. The maximum atomic E-state index is 10.3. The van der Waals surface area contributed by atoms with Gasteiger partial charge in [0.15, 0.2) is 8.32 Å². The van der Waals surface area contributed by atoms with Crippen LogP contribution in [0.15, 0.2) is 18.2 Å². The van der Waals surface area contributed by atoms with Crippen molar-refractivity contribution in [2.45, 2.75) is 77.1 Å². The van der Waals surface area contributed by atoms with E-state index in [1.807, 2.05) is 0 Å². The molecule has 0 heterocycles. The second-order valence-electron chi connectivity index (χ2n) is 10.7. The number of ether oxygens (including phenoxy) is 1. The Labute approximate surface area is 171 Å². The van der Waals surface area contributed by atoms with Gasteiger partial charge in [-0.15, -0.1) is 0 Å². The van der Waals surface area contributed by atoms with Crippen molar-refractivity contribution >= 4 is 8.32 Å². The van der Waals surface area contributed by atoms with Crippen molar-refractivity contribution in [3.63, 3.8) is 0 Å². The van der Waals surface area contributed by atoms with Crippen LogP contribution >= 0.6 is 0 Å². The summed E-state index contributed by atoms with van der Waals surface area (Å²) in [6.07, 6.45) is 5.41. The molecule has 3 aliphatic carbocycles. The fraction of sp³-hybridized carbons (Fsp3) is 0.708. The SMILES string of the molecule is COc1ccc2c(c1)C[C@@H](C)[C@@H]1[C@@H]2CC[C@@]2(C)[C@H]1CCC2(C#N)O[Si](C)(C)C. The van der Waals surface area contributed by atoms with Crippen LogP contribution in [0.3, 0.4) is 0 Å². The zero-order valence-corrected chi connectivity index (χ0v) is 19.3. The van der Waals surface area contributed by atoms with Crippen LogP contribution in [0, 0.1) is 34.5 Å². The Bertz CT molecular complexity index is 810. The Hall–Kier alpha value is -1.31. The zero-order valence-electron chi connectivity index (χ0n) is 18.3. The minimum Gasteiger partial charge on any atom is -0.497 e. The van der Waals surface area contributed by atoms with Crippen LogP contribution in [0.25, 0.3) is 0 Å². The van der Waals surface area contributed by atoms with Crippen LogP contribution in [0.5, 0.6) is 5.75 Å². The maximum absolute atomic E-state index is 10.3. The summed E-state index contributed by atoms with van der Waals surface area (Å²) < 4.78 is 12.2. The number of methoxy groups -OCH3 is 1. The standard InChI is InChI=1S/C24H35NO2Si/c1-16-13-17-14-18(26-3)7-8-19(17)20-9-11-23(2)21(22(16)20)10-12-24(23,15-25)27-28(4,5)6/h7-8,14,16,20-22H,9-13H2,1-6H3/t16-,20-,21+,22-,23+,24?/m1/s1. The van der Waals surface area contributed by atoms with Gasteiger partial charge in [-0.3, -0.25) is 0 Å². The highest BCUT2D eigenvalue weighted by molar-refractivity contribution is 6.69. The minimum atomic E-state index is -1.80. The summed E-state index contributed by atoms with van der Waals surface area (Å²) in [5, 5.41) is 10.3. The molecule has 4 rings (SSSR count). The normalized spacial score (nSPS) is 39.5. The Morgan fingerprint density at radius 1 is 1.18 bits per heavy atom. The Balaban J connectivity index is 1.71. The van der Waals surface area contributed by atoms with Crippen molar-refractivity contribution in [3.05, 3.63) is 29.3 Å². The molecule has 0 spiro atoms. The maximum Gasteiger partial charge on any atom is 0.185 e. The van der Waals surface area contributed by atoms with Crippen molar-refractivity contribution in [1.29, 1.82) is 5.26 Å². The van der Waals surface area contributed by atoms with E-state index in [1.54, 1.807) is 7.11 Å². The average molecular weight is 398 g/mol. The summed E-state index contributed by atoms with van der Waals surface area (Å²) in [5.41, 5.74) is 2.39. The molecule has 28 heavy (non-hydrogen) atoms. The van der Waals surface area contributed by atoms with Gasteiger partial charge in [0, 0.05) is 5.41 Å². The fourth-order valence-electron chi connectivity index (χ4n) is 6.98. The van der Waals surface area contributed by atoms with E-state index in [0.29, 0.717) is 23.7 Å². The smallest absolute Gasteiger partial charge is 0.185 e. The van der Waals surface area contributed by atoms with Gasteiger partial charge in [0.25, 0.3) is 0 Å². The minimum absolute atomic E-state index is 0.0264. The Morgan fingerprint density at radius 3 is 2.57 bits per heavy atom. The molecule has 0 aliphatic heterocycles. The molecule has 2 fully saturated rings. The summed E-state index contributed by atoms with van der Waals surface area (Å²) in [7, 11) is -0.0527. The first-order chi connectivity index (χ1) is 13.1. The van der Waals surface area contributed by atoms with Gasteiger partial charge < -0.3 is 9.16 Å². The molecule has 0 bridgehead atoms. The third-order valence-corrected chi connectivity index (χ3v) is 9.02. The van der Waals surface area contributed by atoms with E-state index >= 15 is 0 Å². The molecule has 152 valence electrons. The lowest BCUT2D eigenvalue weighted by molar-refractivity contribution is -0.0645. The van der Waals surface area contributed by atoms with Gasteiger partial charge in [-0.2, -0.15) is 5.26 Å². The third-order valence-electron chi connectivity index (χ3n) is 8.06. The molecular formula is C24H35NO2Si. The van der Waals surface area contributed by atoms with Crippen molar-refractivity contribution in [2.75, 3.05) is 7.11 Å². The van der Waals surface area contributed by atoms with Gasteiger partial charge in [0.2, 0.25) is 0 Å². The highest BCUT2D eigenvalue weighted by atomic mass is 28.4. The number of benzene rings is 1. The van der Waals surface area contributed by atoms with Crippen molar-refractivity contribution in [1.82, 2.24) is 0 Å². The topological polar surface area (TPSA) is 42.2 Å². The number of rotatable bonds is 3. The lowest BCUT2D eigenvalue weighted by Gasteiger charge is -2.55. The Kier molecular flexibility index (Phi) is 4.71. The molecule has 2 saturated carbocycles. The third kappa shape index (κ3) is 2.85. The van der Waals surface area contributed by atoms with Gasteiger partial charge in [-0.25, -0.2) is 0 Å². The van der Waals surface area contributed by atoms with E-state index in [2.05, 4.69) is 57.8 Å². The number of nitrogens with zero attached hydrogens (tertiary/aromatic N) is 1. The van der Waals surface area contributed by atoms with Crippen LogP contribution in [0.2, 0.25) is 19.6 Å². The molecule has 6 atom stereocenters. The summed E-state index contributed by atoms with van der Waals surface area (Å²) >= 11 is 0. The van der Waals surface area contributed by atoms with E-state index in [0.717, 1.165) is 31.4 Å². The van der Waals surface area contributed by atoms with Gasteiger partial charge >= 0.3 is 0 Å². The van der Waals surface area contributed by atoms with Gasteiger partial charge in [0.1, 0.15) is 11.4 Å². The predicted molar refractivity (Wildman–Crippen MR) is 115 cm³/mol. The van der Waals surface area contributed by atoms with Crippen LogP contribution in [-0.4, -0.2) is 21.0 Å². The van der Waals surface area contributed by atoms with Crippen LogP contribution in [-0.2, 0) is 10.8 Å². The monoisotopic (exact) mass is 397 g/mol. The first-order valence-electron chi connectivity index (χ1n) is 10.9. The number of hydrogen-bond acceptors (Lipinski definition) is 3. The number of nitriles is 1. The number of hydrogen-bond donors (Lipinski definition) is 0. The highest BCUT2D eigenvalue weighted by Gasteiger charge is 2.64. The second kappa shape index (κ2) is 6.60.